The van der Waals surface area contributed by atoms with E-state index >= 15 is 0 Å². The monoisotopic (exact) mass is 557 g/mol. The number of rotatable bonds is 7. The van der Waals surface area contributed by atoms with Crippen LogP contribution in [0.5, 0.6) is 0 Å². The molecule has 174 valence electrons. The van der Waals surface area contributed by atoms with Gasteiger partial charge in [-0.25, -0.2) is 8.78 Å². The lowest BCUT2D eigenvalue weighted by atomic mass is 10.1. The maximum absolute atomic E-state index is 13.7. The van der Waals surface area contributed by atoms with Gasteiger partial charge >= 0.3 is 0 Å². The third kappa shape index (κ3) is 7.61. The summed E-state index contributed by atoms with van der Waals surface area (Å²) in [4.78, 5) is 20.7. The third-order valence-electron chi connectivity index (χ3n) is 5.32. The van der Waals surface area contributed by atoms with Crippen LogP contribution in [0.1, 0.15) is 12.0 Å². The summed E-state index contributed by atoms with van der Waals surface area (Å²) < 4.78 is 26.7. The Morgan fingerprint density at radius 1 is 0.969 bits per heavy atom. The zero-order chi connectivity index (χ0) is 22.1. The van der Waals surface area contributed by atoms with Crippen molar-refractivity contribution in [2.24, 2.45) is 4.99 Å². The molecule has 2 aromatic carbocycles. The molecule has 1 aliphatic rings. The molecule has 0 aliphatic carbocycles. The highest BCUT2D eigenvalue weighted by molar-refractivity contribution is 14.0. The van der Waals surface area contributed by atoms with Gasteiger partial charge < -0.3 is 20.4 Å². The lowest BCUT2D eigenvalue weighted by molar-refractivity contribution is -0.131. The van der Waals surface area contributed by atoms with Gasteiger partial charge in [0.1, 0.15) is 11.6 Å². The van der Waals surface area contributed by atoms with Gasteiger partial charge in [-0.1, -0.05) is 18.2 Å². The van der Waals surface area contributed by atoms with Crippen LogP contribution in [0.15, 0.2) is 53.5 Å². The van der Waals surface area contributed by atoms with Crippen LogP contribution in [0.3, 0.4) is 0 Å². The minimum absolute atomic E-state index is 0. The Morgan fingerprint density at radius 2 is 1.62 bits per heavy atom. The fourth-order valence-electron chi connectivity index (χ4n) is 3.55. The van der Waals surface area contributed by atoms with Gasteiger partial charge in [-0.15, -0.1) is 24.0 Å². The molecule has 9 heteroatoms. The lowest BCUT2D eigenvalue weighted by Crippen LogP contribution is -2.49. The molecule has 0 aromatic heterocycles. The number of aliphatic imine (C=N–C) groups is 1. The average molecular weight is 557 g/mol. The molecule has 6 nitrogen and oxygen atoms in total. The number of anilines is 1. The van der Waals surface area contributed by atoms with E-state index in [-0.39, 0.29) is 41.5 Å². The van der Waals surface area contributed by atoms with Crippen molar-refractivity contribution in [1.82, 2.24) is 15.5 Å². The van der Waals surface area contributed by atoms with Crippen LogP contribution in [0.4, 0.5) is 14.5 Å². The fourth-order valence-corrected chi connectivity index (χ4v) is 3.55. The number of carbonyl (C=O) groups is 1. The predicted molar refractivity (Wildman–Crippen MR) is 135 cm³/mol. The van der Waals surface area contributed by atoms with E-state index in [1.165, 1.54) is 18.2 Å². The van der Waals surface area contributed by atoms with Crippen molar-refractivity contribution >= 4 is 41.5 Å². The van der Waals surface area contributed by atoms with E-state index in [0.717, 1.165) is 18.8 Å². The van der Waals surface area contributed by atoms with E-state index in [2.05, 4.69) is 20.5 Å². The van der Waals surface area contributed by atoms with Crippen molar-refractivity contribution in [3.63, 3.8) is 0 Å². The first kappa shape index (κ1) is 25.8. The highest BCUT2D eigenvalue weighted by atomic mass is 127. The molecule has 0 bridgehead atoms. The maximum Gasteiger partial charge on any atom is 0.224 e. The second-order valence-corrected chi connectivity index (χ2v) is 7.36. The summed E-state index contributed by atoms with van der Waals surface area (Å²) in [7, 11) is 1.66. The Bertz CT molecular complexity index is 886. The van der Waals surface area contributed by atoms with Gasteiger partial charge in [0.25, 0.3) is 0 Å². The minimum Gasteiger partial charge on any atom is -0.368 e. The molecular weight excluding hydrogens is 527 g/mol. The zero-order valence-electron chi connectivity index (χ0n) is 18.2. The summed E-state index contributed by atoms with van der Waals surface area (Å²) in [6, 6.07) is 13.1. The number of guanidine groups is 1. The maximum atomic E-state index is 13.7. The number of nitrogens with zero attached hydrogens (tertiary/aromatic N) is 3. The molecule has 1 heterocycles. The number of benzene rings is 2. The molecular formula is C23H30F2IN5O. The number of nitrogens with one attached hydrogen (secondary N) is 2. The number of carbonyl (C=O) groups excluding carboxylic acids is 1. The SMILES string of the molecule is CN=C(NCCC(=O)N1CCN(c2ccc(F)cc2)CC1)NCCc1ccccc1F.I. The van der Waals surface area contributed by atoms with Gasteiger partial charge in [-0.3, -0.25) is 9.79 Å². The summed E-state index contributed by atoms with van der Waals surface area (Å²) in [5.74, 6) is 0.220. The zero-order valence-corrected chi connectivity index (χ0v) is 20.5. The average Bonchev–Trinajstić information content (AvgIpc) is 2.80. The van der Waals surface area contributed by atoms with E-state index in [1.807, 2.05) is 11.0 Å². The van der Waals surface area contributed by atoms with Crippen LogP contribution >= 0.6 is 24.0 Å². The van der Waals surface area contributed by atoms with Crippen LogP contribution in [-0.4, -0.2) is 63.1 Å². The van der Waals surface area contributed by atoms with E-state index < -0.39 is 0 Å². The molecule has 0 saturated carbocycles. The first-order valence-corrected chi connectivity index (χ1v) is 10.5. The Labute approximate surface area is 205 Å². The van der Waals surface area contributed by atoms with Gasteiger partial charge in [0.15, 0.2) is 5.96 Å². The van der Waals surface area contributed by atoms with Gasteiger partial charge in [0.05, 0.1) is 0 Å². The first-order chi connectivity index (χ1) is 15.1. The quantitative estimate of drug-likeness (QED) is 0.313. The second kappa shape index (κ2) is 13.2. The smallest absolute Gasteiger partial charge is 0.224 e. The molecule has 0 radical (unpaired) electrons. The second-order valence-electron chi connectivity index (χ2n) is 7.36. The van der Waals surface area contributed by atoms with Crippen LogP contribution in [-0.2, 0) is 11.2 Å². The van der Waals surface area contributed by atoms with E-state index in [4.69, 9.17) is 0 Å². The highest BCUT2D eigenvalue weighted by Crippen LogP contribution is 2.17. The minimum atomic E-state index is -0.248. The molecule has 0 unspecified atom stereocenters. The van der Waals surface area contributed by atoms with Crippen molar-refractivity contribution in [1.29, 1.82) is 0 Å². The number of piperazine rings is 1. The van der Waals surface area contributed by atoms with Crippen molar-refractivity contribution in [2.75, 3.05) is 51.2 Å². The Morgan fingerprint density at radius 3 is 2.28 bits per heavy atom. The van der Waals surface area contributed by atoms with Gasteiger partial charge in [-0.05, 0) is 42.3 Å². The van der Waals surface area contributed by atoms with E-state index in [0.29, 0.717) is 50.5 Å². The van der Waals surface area contributed by atoms with Crippen LogP contribution in [0, 0.1) is 11.6 Å². The lowest BCUT2D eigenvalue weighted by Gasteiger charge is -2.36. The largest absolute Gasteiger partial charge is 0.368 e. The summed E-state index contributed by atoms with van der Waals surface area (Å²) in [5.41, 5.74) is 1.63. The number of hydrogen-bond acceptors (Lipinski definition) is 3. The fraction of sp³-hybridized carbons (Fsp3) is 0.391. The third-order valence-corrected chi connectivity index (χ3v) is 5.32. The van der Waals surface area contributed by atoms with E-state index in [9.17, 15) is 13.6 Å². The molecule has 0 atom stereocenters. The topological polar surface area (TPSA) is 60.0 Å². The van der Waals surface area contributed by atoms with Crippen molar-refractivity contribution in [3.05, 3.63) is 65.7 Å². The van der Waals surface area contributed by atoms with Gasteiger partial charge in [0, 0.05) is 58.4 Å². The van der Waals surface area contributed by atoms with Gasteiger partial charge in [0.2, 0.25) is 5.91 Å². The van der Waals surface area contributed by atoms with Gasteiger partial charge in [-0.2, -0.15) is 0 Å². The van der Waals surface area contributed by atoms with Crippen LogP contribution in [0.2, 0.25) is 0 Å². The Balaban J connectivity index is 0.00000363. The normalized spacial score (nSPS) is 14.0. The molecule has 1 aliphatic heterocycles. The highest BCUT2D eigenvalue weighted by Gasteiger charge is 2.21. The summed E-state index contributed by atoms with van der Waals surface area (Å²) >= 11 is 0. The van der Waals surface area contributed by atoms with Crippen molar-refractivity contribution in [3.8, 4) is 0 Å². The number of halogens is 3. The molecule has 1 saturated heterocycles. The summed E-state index contributed by atoms with van der Waals surface area (Å²) in [6.07, 6.45) is 0.912. The van der Waals surface area contributed by atoms with Crippen LogP contribution in [0.25, 0.3) is 0 Å². The number of amides is 1. The van der Waals surface area contributed by atoms with Crippen molar-refractivity contribution < 1.29 is 13.6 Å². The molecule has 2 aromatic rings. The number of hydrogen-bond donors (Lipinski definition) is 2. The molecule has 3 rings (SSSR count). The standard InChI is InChI=1S/C23H29F2N5O.HI/c1-26-23(27-12-10-18-4-2-3-5-21(18)25)28-13-11-22(31)30-16-14-29(15-17-30)20-8-6-19(24)7-9-20;/h2-9H,10-17H2,1H3,(H2,26,27,28);1H. The molecule has 32 heavy (non-hydrogen) atoms. The Kier molecular flexibility index (Phi) is 10.6. The molecule has 1 amide bonds. The summed E-state index contributed by atoms with van der Waals surface area (Å²) in [6.45, 7) is 3.75. The Hall–Kier alpha value is -2.43. The van der Waals surface area contributed by atoms with Crippen molar-refractivity contribution in [2.45, 2.75) is 12.8 Å². The molecule has 0 spiro atoms. The predicted octanol–water partition coefficient (Wildman–Crippen LogP) is 3.03. The first-order valence-electron chi connectivity index (χ1n) is 10.5. The molecule has 2 N–H and O–H groups in total. The van der Waals surface area contributed by atoms with E-state index in [1.54, 1.807) is 31.3 Å². The molecule has 1 fully saturated rings. The summed E-state index contributed by atoms with van der Waals surface area (Å²) in [5, 5.41) is 6.27. The van der Waals surface area contributed by atoms with Crippen LogP contribution < -0.4 is 15.5 Å².